The molecule has 1 atom stereocenters. The monoisotopic (exact) mass is 234 g/mol. The SMILES string of the molecule is O=C(CC1C=CCC1)NCCC1=CCNCC1. The molecule has 2 aliphatic rings. The van der Waals surface area contributed by atoms with Crippen LogP contribution in [0.3, 0.4) is 0 Å². The zero-order chi connectivity index (χ0) is 11.9. The summed E-state index contributed by atoms with van der Waals surface area (Å²) in [6.07, 6.45) is 11.7. The van der Waals surface area contributed by atoms with Crippen LogP contribution in [-0.2, 0) is 4.79 Å². The van der Waals surface area contributed by atoms with Gasteiger partial charge in [-0.1, -0.05) is 23.8 Å². The second kappa shape index (κ2) is 6.60. The Hall–Kier alpha value is -1.09. The van der Waals surface area contributed by atoms with Crippen LogP contribution < -0.4 is 10.6 Å². The van der Waals surface area contributed by atoms with Crippen molar-refractivity contribution >= 4 is 5.91 Å². The molecule has 1 unspecified atom stereocenters. The summed E-state index contributed by atoms with van der Waals surface area (Å²) in [5.41, 5.74) is 1.48. The van der Waals surface area contributed by atoms with Gasteiger partial charge in [0.15, 0.2) is 0 Å². The number of amides is 1. The zero-order valence-corrected chi connectivity index (χ0v) is 10.4. The van der Waals surface area contributed by atoms with E-state index in [9.17, 15) is 4.79 Å². The van der Waals surface area contributed by atoms with Crippen LogP contribution in [0.2, 0.25) is 0 Å². The highest BCUT2D eigenvalue weighted by Crippen LogP contribution is 2.19. The van der Waals surface area contributed by atoms with Gasteiger partial charge < -0.3 is 10.6 Å². The van der Waals surface area contributed by atoms with Gasteiger partial charge in [0, 0.05) is 19.5 Å². The van der Waals surface area contributed by atoms with Crippen molar-refractivity contribution in [3.05, 3.63) is 23.8 Å². The van der Waals surface area contributed by atoms with E-state index in [2.05, 4.69) is 28.9 Å². The standard InChI is InChI=1S/C14H22N2O/c17-14(11-13-3-1-2-4-13)16-10-7-12-5-8-15-9-6-12/h1,3,5,13,15H,2,4,6-11H2,(H,16,17). The Morgan fingerprint density at radius 3 is 3.18 bits per heavy atom. The van der Waals surface area contributed by atoms with Crippen molar-refractivity contribution in [1.82, 2.24) is 10.6 Å². The third-order valence-electron chi connectivity index (χ3n) is 3.49. The third-order valence-corrected chi connectivity index (χ3v) is 3.49. The van der Waals surface area contributed by atoms with Crippen molar-refractivity contribution in [2.45, 2.75) is 32.1 Å². The molecule has 0 fully saturated rings. The molecule has 0 aromatic carbocycles. The number of hydrogen-bond acceptors (Lipinski definition) is 2. The molecule has 0 aromatic rings. The first kappa shape index (κ1) is 12.4. The van der Waals surface area contributed by atoms with Gasteiger partial charge in [0.1, 0.15) is 0 Å². The molecule has 3 heteroatoms. The van der Waals surface area contributed by atoms with E-state index in [0.29, 0.717) is 12.3 Å². The van der Waals surface area contributed by atoms with Crippen LogP contribution in [0.15, 0.2) is 23.8 Å². The average Bonchev–Trinajstić information content (AvgIpc) is 2.83. The molecule has 0 spiro atoms. The fourth-order valence-corrected chi connectivity index (χ4v) is 2.43. The van der Waals surface area contributed by atoms with Gasteiger partial charge in [-0.05, 0) is 38.1 Å². The third kappa shape index (κ3) is 4.35. The first-order chi connectivity index (χ1) is 8.34. The van der Waals surface area contributed by atoms with E-state index in [1.165, 1.54) is 5.57 Å². The second-order valence-electron chi connectivity index (χ2n) is 4.89. The van der Waals surface area contributed by atoms with Crippen molar-refractivity contribution in [3.63, 3.8) is 0 Å². The quantitative estimate of drug-likeness (QED) is 0.712. The summed E-state index contributed by atoms with van der Waals surface area (Å²) >= 11 is 0. The Kier molecular flexibility index (Phi) is 4.80. The van der Waals surface area contributed by atoms with Crippen LogP contribution in [0.5, 0.6) is 0 Å². The lowest BCUT2D eigenvalue weighted by atomic mass is 10.0. The summed E-state index contributed by atoms with van der Waals surface area (Å²) < 4.78 is 0. The molecule has 94 valence electrons. The van der Waals surface area contributed by atoms with Gasteiger partial charge >= 0.3 is 0 Å². The maximum atomic E-state index is 11.7. The first-order valence-electron chi connectivity index (χ1n) is 6.66. The fourth-order valence-electron chi connectivity index (χ4n) is 2.43. The van der Waals surface area contributed by atoms with Crippen LogP contribution in [0.4, 0.5) is 0 Å². The molecule has 0 saturated carbocycles. The van der Waals surface area contributed by atoms with Crippen molar-refractivity contribution in [3.8, 4) is 0 Å². The van der Waals surface area contributed by atoms with Gasteiger partial charge in [0.05, 0.1) is 0 Å². The average molecular weight is 234 g/mol. The largest absolute Gasteiger partial charge is 0.356 e. The number of hydrogen-bond donors (Lipinski definition) is 2. The molecule has 1 heterocycles. The predicted molar refractivity (Wildman–Crippen MR) is 69.7 cm³/mol. The minimum atomic E-state index is 0.205. The van der Waals surface area contributed by atoms with Crippen LogP contribution in [0.25, 0.3) is 0 Å². The maximum absolute atomic E-state index is 11.7. The summed E-state index contributed by atoms with van der Waals surface area (Å²) in [6.45, 7) is 2.85. The zero-order valence-electron chi connectivity index (χ0n) is 10.4. The molecule has 2 N–H and O–H groups in total. The van der Waals surface area contributed by atoms with E-state index in [1.807, 2.05) is 0 Å². The highest BCUT2D eigenvalue weighted by atomic mass is 16.1. The fraction of sp³-hybridized carbons (Fsp3) is 0.643. The Labute approximate surface area is 103 Å². The molecule has 0 aromatic heterocycles. The van der Waals surface area contributed by atoms with Crippen molar-refractivity contribution in [2.75, 3.05) is 19.6 Å². The molecule has 0 saturated heterocycles. The summed E-state index contributed by atoms with van der Waals surface area (Å²) in [6, 6.07) is 0. The Bertz CT molecular complexity index is 320. The number of carbonyl (C=O) groups is 1. The van der Waals surface area contributed by atoms with Crippen LogP contribution in [0.1, 0.15) is 32.1 Å². The van der Waals surface area contributed by atoms with Crippen LogP contribution in [0, 0.1) is 5.92 Å². The molecule has 2 rings (SSSR count). The number of nitrogens with one attached hydrogen (secondary N) is 2. The smallest absolute Gasteiger partial charge is 0.220 e. The lowest BCUT2D eigenvalue weighted by Crippen LogP contribution is -2.27. The second-order valence-corrected chi connectivity index (χ2v) is 4.89. The maximum Gasteiger partial charge on any atom is 0.220 e. The highest BCUT2D eigenvalue weighted by molar-refractivity contribution is 5.76. The van der Waals surface area contributed by atoms with Crippen LogP contribution in [-0.4, -0.2) is 25.5 Å². The van der Waals surface area contributed by atoms with Gasteiger partial charge in [-0.3, -0.25) is 4.79 Å². The summed E-state index contributed by atoms with van der Waals surface area (Å²) in [5.74, 6) is 0.684. The summed E-state index contributed by atoms with van der Waals surface area (Å²) in [5, 5.41) is 6.31. The van der Waals surface area contributed by atoms with Crippen LogP contribution >= 0.6 is 0 Å². The molecular formula is C14H22N2O. The molecule has 0 radical (unpaired) electrons. The molecule has 17 heavy (non-hydrogen) atoms. The molecular weight excluding hydrogens is 212 g/mol. The van der Waals surface area contributed by atoms with Crippen molar-refractivity contribution < 1.29 is 4.79 Å². The highest BCUT2D eigenvalue weighted by Gasteiger charge is 2.13. The topological polar surface area (TPSA) is 41.1 Å². The Balaban J connectivity index is 1.59. The lowest BCUT2D eigenvalue weighted by molar-refractivity contribution is -0.121. The van der Waals surface area contributed by atoms with Gasteiger partial charge in [0.2, 0.25) is 5.91 Å². The lowest BCUT2D eigenvalue weighted by Gasteiger charge is -2.14. The molecule has 1 aliphatic heterocycles. The van der Waals surface area contributed by atoms with E-state index in [1.54, 1.807) is 0 Å². The molecule has 1 amide bonds. The van der Waals surface area contributed by atoms with Crippen molar-refractivity contribution in [2.24, 2.45) is 5.92 Å². The normalized spacial score (nSPS) is 23.5. The molecule has 1 aliphatic carbocycles. The van der Waals surface area contributed by atoms with E-state index < -0.39 is 0 Å². The van der Waals surface area contributed by atoms with E-state index in [-0.39, 0.29) is 5.91 Å². The Morgan fingerprint density at radius 1 is 1.53 bits per heavy atom. The predicted octanol–water partition coefficient (Wildman–Crippen LogP) is 1.77. The number of carbonyl (C=O) groups excluding carboxylic acids is 1. The first-order valence-corrected chi connectivity index (χ1v) is 6.66. The minimum Gasteiger partial charge on any atom is -0.356 e. The van der Waals surface area contributed by atoms with Crippen molar-refractivity contribution in [1.29, 1.82) is 0 Å². The van der Waals surface area contributed by atoms with Gasteiger partial charge in [-0.2, -0.15) is 0 Å². The molecule has 0 bridgehead atoms. The van der Waals surface area contributed by atoms with Gasteiger partial charge in [-0.25, -0.2) is 0 Å². The summed E-state index contributed by atoms with van der Waals surface area (Å²) in [4.78, 5) is 11.7. The number of rotatable bonds is 5. The summed E-state index contributed by atoms with van der Waals surface area (Å²) in [7, 11) is 0. The molecule has 3 nitrogen and oxygen atoms in total. The van der Waals surface area contributed by atoms with Gasteiger partial charge in [-0.15, -0.1) is 0 Å². The Morgan fingerprint density at radius 2 is 2.47 bits per heavy atom. The van der Waals surface area contributed by atoms with Gasteiger partial charge in [0.25, 0.3) is 0 Å². The number of allylic oxidation sites excluding steroid dienone is 2. The minimum absolute atomic E-state index is 0.205. The van der Waals surface area contributed by atoms with E-state index in [0.717, 1.165) is 45.3 Å². The van der Waals surface area contributed by atoms with E-state index in [4.69, 9.17) is 0 Å². The van der Waals surface area contributed by atoms with E-state index >= 15 is 0 Å².